The molecule has 0 aromatic heterocycles. The van der Waals surface area contributed by atoms with Crippen LogP contribution in [-0.4, -0.2) is 17.7 Å². The van der Waals surface area contributed by atoms with Crippen LogP contribution < -0.4 is 4.74 Å². The van der Waals surface area contributed by atoms with Crippen LogP contribution in [0.3, 0.4) is 0 Å². The number of carboxylic acid groups (broad SMARTS) is 1. The summed E-state index contributed by atoms with van der Waals surface area (Å²) < 4.78 is 5.82. The van der Waals surface area contributed by atoms with Crippen LogP contribution >= 0.6 is 0 Å². The fourth-order valence-electron chi connectivity index (χ4n) is 2.64. The van der Waals surface area contributed by atoms with Gasteiger partial charge in [-0.15, -0.1) is 0 Å². The van der Waals surface area contributed by atoms with Gasteiger partial charge in [0.1, 0.15) is 5.75 Å². The summed E-state index contributed by atoms with van der Waals surface area (Å²) in [6.07, 6.45) is 2.22. The maximum Gasteiger partial charge on any atom is 0.310 e. The average molecular weight is 312 g/mol. The van der Waals surface area contributed by atoms with Crippen LogP contribution in [0.1, 0.15) is 42.4 Å². The maximum atomic E-state index is 11.5. The molecule has 0 bridgehead atoms. The average Bonchev–Trinajstić information content (AvgIpc) is 2.56. The monoisotopic (exact) mass is 312 g/mol. The van der Waals surface area contributed by atoms with E-state index < -0.39 is 11.9 Å². The van der Waals surface area contributed by atoms with Crippen LogP contribution in [0.15, 0.2) is 48.5 Å². The molecule has 0 fully saturated rings. The molecule has 0 aliphatic heterocycles. The zero-order valence-corrected chi connectivity index (χ0v) is 13.8. The molecule has 2 aromatic carbocycles. The third-order valence-electron chi connectivity index (χ3n) is 4.03. The fraction of sp³-hybridized carbons (Fsp3) is 0.350. The highest BCUT2D eigenvalue weighted by Crippen LogP contribution is 2.23. The van der Waals surface area contributed by atoms with Gasteiger partial charge in [0.15, 0.2) is 0 Å². The number of hydrogen-bond acceptors (Lipinski definition) is 2. The van der Waals surface area contributed by atoms with Crippen LogP contribution in [0.4, 0.5) is 0 Å². The van der Waals surface area contributed by atoms with E-state index >= 15 is 0 Å². The third kappa shape index (κ3) is 4.85. The van der Waals surface area contributed by atoms with E-state index in [9.17, 15) is 9.90 Å². The summed E-state index contributed by atoms with van der Waals surface area (Å²) in [6.45, 7) is 4.63. The zero-order chi connectivity index (χ0) is 16.7. The number of rotatable bonds is 8. The Morgan fingerprint density at radius 2 is 1.83 bits per heavy atom. The van der Waals surface area contributed by atoms with E-state index in [1.807, 2.05) is 49.4 Å². The van der Waals surface area contributed by atoms with Gasteiger partial charge in [0.25, 0.3) is 0 Å². The Morgan fingerprint density at radius 3 is 2.48 bits per heavy atom. The van der Waals surface area contributed by atoms with E-state index in [4.69, 9.17) is 4.74 Å². The lowest BCUT2D eigenvalue weighted by Gasteiger charge is -2.14. The summed E-state index contributed by atoms with van der Waals surface area (Å²) in [5.41, 5.74) is 3.18. The molecule has 0 saturated heterocycles. The summed E-state index contributed by atoms with van der Waals surface area (Å²) in [5.74, 6) is -0.347. The number of aliphatic carboxylic acids is 1. The van der Waals surface area contributed by atoms with Gasteiger partial charge in [0.05, 0.1) is 12.5 Å². The van der Waals surface area contributed by atoms with Crippen molar-refractivity contribution in [3.8, 4) is 5.75 Å². The molecule has 23 heavy (non-hydrogen) atoms. The van der Waals surface area contributed by atoms with Crippen molar-refractivity contribution < 1.29 is 14.6 Å². The number of carbonyl (C=O) groups is 1. The summed E-state index contributed by atoms with van der Waals surface area (Å²) in [4.78, 5) is 11.5. The smallest absolute Gasteiger partial charge is 0.310 e. The van der Waals surface area contributed by atoms with Crippen molar-refractivity contribution in [2.75, 3.05) is 6.61 Å². The maximum absolute atomic E-state index is 11.5. The molecule has 2 aromatic rings. The first-order valence-corrected chi connectivity index (χ1v) is 8.12. The molecular weight excluding hydrogens is 288 g/mol. The fourth-order valence-corrected chi connectivity index (χ4v) is 2.64. The van der Waals surface area contributed by atoms with Crippen LogP contribution in [-0.2, 0) is 11.2 Å². The lowest BCUT2D eigenvalue weighted by Crippen LogP contribution is -2.13. The van der Waals surface area contributed by atoms with E-state index in [0.717, 1.165) is 23.3 Å². The number of ether oxygens (including phenoxy) is 1. The molecule has 1 atom stereocenters. The first-order chi connectivity index (χ1) is 11.1. The second-order valence-electron chi connectivity index (χ2n) is 5.75. The quantitative estimate of drug-likeness (QED) is 0.725. The molecule has 0 saturated carbocycles. The van der Waals surface area contributed by atoms with Crippen molar-refractivity contribution in [1.29, 1.82) is 0 Å². The van der Waals surface area contributed by atoms with E-state index in [-0.39, 0.29) is 0 Å². The lowest BCUT2D eigenvalue weighted by atomic mass is 9.94. The van der Waals surface area contributed by atoms with Crippen molar-refractivity contribution in [2.24, 2.45) is 0 Å². The summed E-state index contributed by atoms with van der Waals surface area (Å²) in [7, 11) is 0. The van der Waals surface area contributed by atoms with Crippen molar-refractivity contribution >= 4 is 5.97 Å². The predicted molar refractivity (Wildman–Crippen MR) is 92.1 cm³/mol. The zero-order valence-electron chi connectivity index (χ0n) is 13.8. The van der Waals surface area contributed by atoms with Crippen LogP contribution in [0.5, 0.6) is 5.75 Å². The van der Waals surface area contributed by atoms with Crippen molar-refractivity contribution in [1.82, 2.24) is 0 Å². The summed E-state index contributed by atoms with van der Waals surface area (Å²) in [5, 5.41) is 9.45. The Kier molecular flexibility index (Phi) is 6.21. The van der Waals surface area contributed by atoms with Gasteiger partial charge in [-0.05, 0) is 43.4 Å². The second kappa shape index (κ2) is 8.37. The van der Waals surface area contributed by atoms with Crippen molar-refractivity contribution in [3.05, 3.63) is 65.2 Å². The molecule has 0 heterocycles. The Labute approximate surface area is 137 Å². The Hall–Kier alpha value is -2.29. The lowest BCUT2D eigenvalue weighted by molar-refractivity contribution is -0.139. The minimum Gasteiger partial charge on any atom is -0.493 e. The SMILES string of the molecule is CCc1ccccc1OCCCC(C(=O)O)c1ccc(C)cc1. The third-order valence-corrected chi connectivity index (χ3v) is 4.03. The first kappa shape index (κ1) is 17.1. The van der Waals surface area contributed by atoms with Crippen LogP contribution in [0.25, 0.3) is 0 Å². The van der Waals surface area contributed by atoms with Gasteiger partial charge < -0.3 is 9.84 Å². The molecule has 122 valence electrons. The van der Waals surface area contributed by atoms with Gasteiger partial charge in [-0.2, -0.15) is 0 Å². The normalized spacial score (nSPS) is 11.9. The van der Waals surface area contributed by atoms with Gasteiger partial charge in [0.2, 0.25) is 0 Å². The molecule has 0 aliphatic carbocycles. The molecule has 0 spiro atoms. The van der Waals surface area contributed by atoms with Gasteiger partial charge in [-0.3, -0.25) is 4.79 Å². The Balaban J connectivity index is 1.90. The molecule has 1 unspecified atom stereocenters. The molecule has 0 aliphatic rings. The van der Waals surface area contributed by atoms with Crippen molar-refractivity contribution in [3.63, 3.8) is 0 Å². The number of carboxylic acids is 1. The highest BCUT2D eigenvalue weighted by atomic mass is 16.5. The van der Waals surface area contributed by atoms with Gasteiger partial charge >= 0.3 is 5.97 Å². The molecule has 0 amide bonds. The minimum atomic E-state index is -0.775. The number of hydrogen-bond donors (Lipinski definition) is 1. The largest absolute Gasteiger partial charge is 0.493 e. The molecule has 1 N–H and O–H groups in total. The van der Waals surface area contributed by atoms with Gasteiger partial charge in [-0.1, -0.05) is 55.0 Å². The van der Waals surface area contributed by atoms with E-state index in [0.29, 0.717) is 19.4 Å². The van der Waals surface area contributed by atoms with E-state index in [1.54, 1.807) is 0 Å². The molecule has 0 radical (unpaired) electrons. The topological polar surface area (TPSA) is 46.5 Å². The number of para-hydroxylation sites is 1. The van der Waals surface area contributed by atoms with E-state index in [1.165, 1.54) is 5.56 Å². The minimum absolute atomic E-state index is 0.472. The van der Waals surface area contributed by atoms with Crippen LogP contribution in [0, 0.1) is 6.92 Å². The van der Waals surface area contributed by atoms with E-state index in [2.05, 4.69) is 13.0 Å². The molecule has 2 rings (SSSR count). The van der Waals surface area contributed by atoms with Gasteiger partial charge in [-0.25, -0.2) is 0 Å². The molecule has 3 nitrogen and oxygen atoms in total. The number of benzene rings is 2. The van der Waals surface area contributed by atoms with Gasteiger partial charge in [0, 0.05) is 0 Å². The second-order valence-corrected chi connectivity index (χ2v) is 5.75. The molecular formula is C20H24O3. The first-order valence-electron chi connectivity index (χ1n) is 8.12. The predicted octanol–water partition coefficient (Wildman–Crippen LogP) is 4.58. The Bertz CT molecular complexity index is 632. The summed E-state index contributed by atoms with van der Waals surface area (Å²) >= 11 is 0. The number of aryl methyl sites for hydroxylation is 2. The Morgan fingerprint density at radius 1 is 1.13 bits per heavy atom. The van der Waals surface area contributed by atoms with Crippen molar-refractivity contribution in [2.45, 2.75) is 39.0 Å². The van der Waals surface area contributed by atoms with Crippen LogP contribution in [0.2, 0.25) is 0 Å². The molecule has 3 heteroatoms. The highest BCUT2D eigenvalue weighted by molar-refractivity contribution is 5.76. The standard InChI is InChI=1S/C20H24O3/c1-3-16-7-4-5-9-19(16)23-14-6-8-18(20(21)22)17-12-10-15(2)11-13-17/h4-5,7,9-13,18H,3,6,8,14H2,1-2H3,(H,21,22). The summed E-state index contributed by atoms with van der Waals surface area (Å²) in [6, 6.07) is 15.7. The highest BCUT2D eigenvalue weighted by Gasteiger charge is 2.19.